The first kappa shape index (κ1) is 10.1. The molecule has 1 aliphatic heterocycles. The zero-order valence-corrected chi connectivity index (χ0v) is 9.91. The first-order valence-corrected chi connectivity index (χ1v) is 6.84. The van der Waals surface area contributed by atoms with Gasteiger partial charge in [0, 0.05) is 31.2 Å². The Morgan fingerprint density at radius 1 is 1.07 bits per heavy atom. The van der Waals surface area contributed by atoms with E-state index in [1.165, 1.54) is 51.6 Å². The summed E-state index contributed by atoms with van der Waals surface area (Å²) in [5, 5.41) is 3.74. The van der Waals surface area contributed by atoms with Crippen LogP contribution in [0.2, 0.25) is 0 Å². The van der Waals surface area contributed by atoms with E-state index in [-0.39, 0.29) is 0 Å². The molecule has 0 aromatic heterocycles. The third-order valence-electron chi connectivity index (χ3n) is 4.63. The molecule has 1 saturated heterocycles. The molecule has 2 atom stereocenters. The summed E-state index contributed by atoms with van der Waals surface area (Å²) in [6.45, 7) is 4.95. The Labute approximate surface area is 93.4 Å². The molecule has 0 amide bonds. The van der Waals surface area contributed by atoms with E-state index >= 15 is 0 Å². The van der Waals surface area contributed by atoms with Gasteiger partial charge in [-0.25, -0.2) is 0 Å². The molecule has 0 spiro atoms. The third kappa shape index (κ3) is 2.07. The summed E-state index contributed by atoms with van der Waals surface area (Å²) in [4.78, 5) is 2.81. The fraction of sp³-hybridized carbons (Fsp3) is 1.00. The van der Waals surface area contributed by atoms with Gasteiger partial charge in [-0.05, 0) is 38.5 Å². The maximum Gasteiger partial charge on any atom is 0.0224 e. The normalized spacial score (nSPS) is 39.8. The van der Waals surface area contributed by atoms with Crippen molar-refractivity contribution in [3.05, 3.63) is 0 Å². The highest BCUT2D eigenvalue weighted by Crippen LogP contribution is 2.35. The number of hydrogen-bond donors (Lipinski definition) is 1. The van der Waals surface area contributed by atoms with Crippen LogP contribution in [0, 0.1) is 5.92 Å². The van der Waals surface area contributed by atoms with E-state index in [0.717, 1.165) is 24.0 Å². The molecule has 3 rings (SSSR count). The molecule has 1 N–H and O–H groups in total. The average Bonchev–Trinajstić information content (AvgIpc) is 2.95. The first-order chi connectivity index (χ1) is 7.34. The second-order valence-corrected chi connectivity index (χ2v) is 5.84. The van der Waals surface area contributed by atoms with Crippen LogP contribution in [0.3, 0.4) is 0 Å². The number of nitrogens with one attached hydrogen (secondary N) is 1. The van der Waals surface area contributed by atoms with E-state index in [1.54, 1.807) is 0 Å². The lowest BCUT2D eigenvalue weighted by Gasteiger charge is -2.42. The summed E-state index contributed by atoms with van der Waals surface area (Å²) in [6, 6.07) is 2.51. The topological polar surface area (TPSA) is 15.3 Å². The number of nitrogens with zero attached hydrogens (tertiary/aromatic N) is 1. The minimum absolute atomic E-state index is 0.767. The Morgan fingerprint density at radius 2 is 1.80 bits per heavy atom. The minimum atomic E-state index is 0.767. The standard InChI is InChI=1S/C13H24N2/c1-10-8-14-13(11-6-7-11)9-15(10)12-4-2-3-5-12/h10-14H,2-9H2,1H3. The zero-order chi connectivity index (χ0) is 10.3. The minimum Gasteiger partial charge on any atom is -0.311 e. The molecule has 1 heterocycles. The maximum absolute atomic E-state index is 3.74. The summed E-state index contributed by atoms with van der Waals surface area (Å²) < 4.78 is 0. The number of hydrogen-bond acceptors (Lipinski definition) is 2. The fourth-order valence-electron chi connectivity index (χ4n) is 3.47. The summed E-state index contributed by atoms with van der Waals surface area (Å²) in [5.74, 6) is 1.02. The second-order valence-electron chi connectivity index (χ2n) is 5.84. The van der Waals surface area contributed by atoms with E-state index < -0.39 is 0 Å². The monoisotopic (exact) mass is 208 g/mol. The molecule has 2 saturated carbocycles. The molecule has 2 unspecified atom stereocenters. The molecule has 0 bridgehead atoms. The van der Waals surface area contributed by atoms with Gasteiger partial charge in [-0.1, -0.05) is 12.8 Å². The van der Waals surface area contributed by atoms with Gasteiger partial charge >= 0.3 is 0 Å². The molecule has 86 valence electrons. The molecule has 3 aliphatic rings. The smallest absolute Gasteiger partial charge is 0.0224 e. The predicted octanol–water partition coefficient (Wildman–Crippen LogP) is 2.00. The predicted molar refractivity (Wildman–Crippen MR) is 62.9 cm³/mol. The van der Waals surface area contributed by atoms with Crippen LogP contribution in [-0.2, 0) is 0 Å². The molecule has 0 aromatic rings. The average molecular weight is 208 g/mol. The van der Waals surface area contributed by atoms with Gasteiger partial charge in [-0.2, -0.15) is 0 Å². The molecule has 2 nitrogen and oxygen atoms in total. The van der Waals surface area contributed by atoms with Crippen molar-refractivity contribution in [1.29, 1.82) is 0 Å². The van der Waals surface area contributed by atoms with Crippen molar-refractivity contribution in [3.8, 4) is 0 Å². The highest BCUT2D eigenvalue weighted by atomic mass is 15.3. The van der Waals surface area contributed by atoms with Gasteiger partial charge in [0.2, 0.25) is 0 Å². The van der Waals surface area contributed by atoms with Crippen LogP contribution >= 0.6 is 0 Å². The Kier molecular flexibility index (Phi) is 2.73. The second kappa shape index (κ2) is 4.06. The largest absolute Gasteiger partial charge is 0.311 e. The number of rotatable bonds is 2. The van der Waals surface area contributed by atoms with Gasteiger partial charge in [-0.3, -0.25) is 4.90 Å². The lowest BCUT2D eigenvalue weighted by molar-refractivity contribution is 0.0872. The van der Waals surface area contributed by atoms with E-state index in [2.05, 4.69) is 17.1 Å². The Morgan fingerprint density at radius 3 is 2.47 bits per heavy atom. The Bertz CT molecular complexity index is 219. The summed E-state index contributed by atoms with van der Waals surface area (Å²) in [5.41, 5.74) is 0. The van der Waals surface area contributed by atoms with Crippen molar-refractivity contribution < 1.29 is 0 Å². The van der Waals surface area contributed by atoms with Gasteiger partial charge in [0.05, 0.1) is 0 Å². The van der Waals surface area contributed by atoms with E-state index in [0.29, 0.717) is 0 Å². The molecule has 0 radical (unpaired) electrons. The van der Waals surface area contributed by atoms with Crippen molar-refractivity contribution in [2.75, 3.05) is 13.1 Å². The quantitative estimate of drug-likeness (QED) is 0.746. The van der Waals surface area contributed by atoms with E-state index in [4.69, 9.17) is 0 Å². The molecule has 2 heteroatoms. The zero-order valence-electron chi connectivity index (χ0n) is 9.91. The molecular weight excluding hydrogens is 184 g/mol. The van der Waals surface area contributed by atoms with Crippen LogP contribution in [0.15, 0.2) is 0 Å². The summed E-state index contributed by atoms with van der Waals surface area (Å²) in [7, 11) is 0. The molecular formula is C13H24N2. The van der Waals surface area contributed by atoms with Crippen LogP contribution in [0.25, 0.3) is 0 Å². The first-order valence-electron chi connectivity index (χ1n) is 6.84. The van der Waals surface area contributed by atoms with Crippen LogP contribution in [0.1, 0.15) is 45.4 Å². The molecule has 2 aliphatic carbocycles. The SMILES string of the molecule is CC1CNC(C2CC2)CN1C1CCCC1. The summed E-state index contributed by atoms with van der Waals surface area (Å²) >= 11 is 0. The van der Waals surface area contributed by atoms with Crippen LogP contribution in [0.4, 0.5) is 0 Å². The van der Waals surface area contributed by atoms with Crippen LogP contribution in [0.5, 0.6) is 0 Å². The van der Waals surface area contributed by atoms with Crippen molar-refractivity contribution in [2.45, 2.75) is 63.6 Å². The molecule has 15 heavy (non-hydrogen) atoms. The van der Waals surface area contributed by atoms with E-state index in [1.807, 2.05) is 0 Å². The lowest BCUT2D eigenvalue weighted by atomic mass is 10.0. The van der Waals surface area contributed by atoms with Crippen molar-refractivity contribution in [2.24, 2.45) is 5.92 Å². The summed E-state index contributed by atoms with van der Waals surface area (Å²) in [6.07, 6.45) is 8.81. The van der Waals surface area contributed by atoms with Crippen LogP contribution in [-0.4, -0.2) is 36.1 Å². The third-order valence-corrected chi connectivity index (χ3v) is 4.63. The van der Waals surface area contributed by atoms with Gasteiger partial charge < -0.3 is 5.32 Å². The lowest BCUT2D eigenvalue weighted by Crippen LogP contribution is -2.58. The highest BCUT2D eigenvalue weighted by molar-refractivity contribution is 4.95. The Balaban J connectivity index is 1.63. The Hall–Kier alpha value is -0.0800. The van der Waals surface area contributed by atoms with Crippen molar-refractivity contribution in [3.63, 3.8) is 0 Å². The molecule has 3 fully saturated rings. The maximum atomic E-state index is 3.74. The molecule has 0 aromatic carbocycles. The van der Waals surface area contributed by atoms with E-state index in [9.17, 15) is 0 Å². The van der Waals surface area contributed by atoms with Gasteiger partial charge in [0.1, 0.15) is 0 Å². The van der Waals surface area contributed by atoms with Crippen molar-refractivity contribution >= 4 is 0 Å². The van der Waals surface area contributed by atoms with Gasteiger partial charge in [0.15, 0.2) is 0 Å². The number of piperazine rings is 1. The van der Waals surface area contributed by atoms with Gasteiger partial charge in [0.25, 0.3) is 0 Å². The van der Waals surface area contributed by atoms with Crippen molar-refractivity contribution in [1.82, 2.24) is 10.2 Å². The fourth-order valence-corrected chi connectivity index (χ4v) is 3.47. The highest BCUT2D eigenvalue weighted by Gasteiger charge is 2.38. The van der Waals surface area contributed by atoms with Gasteiger partial charge in [-0.15, -0.1) is 0 Å². The van der Waals surface area contributed by atoms with Crippen LogP contribution < -0.4 is 5.32 Å².